The van der Waals surface area contributed by atoms with Gasteiger partial charge in [0.25, 0.3) is 0 Å². The highest BCUT2D eigenvalue weighted by Crippen LogP contribution is 2.49. The van der Waals surface area contributed by atoms with Crippen molar-refractivity contribution in [2.75, 3.05) is 35.2 Å². The maximum absolute atomic E-state index is 5.74. The monoisotopic (exact) mass is 380 g/mol. The zero-order chi connectivity index (χ0) is 19.4. The smallest absolute Gasteiger partial charge is 0.231 e. The van der Waals surface area contributed by atoms with Gasteiger partial charge in [-0.2, -0.15) is 0 Å². The van der Waals surface area contributed by atoms with Crippen LogP contribution in [0.15, 0.2) is 30.3 Å². The number of rotatable bonds is 3. The van der Waals surface area contributed by atoms with Gasteiger partial charge in [-0.25, -0.2) is 0 Å². The molecule has 6 heteroatoms. The van der Waals surface area contributed by atoms with Crippen LogP contribution in [0.1, 0.15) is 5.56 Å². The van der Waals surface area contributed by atoms with Gasteiger partial charge in [0.2, 0.25) is 6.79 Å². The molecule has 0 spiro atoms. The van der Waals surface area contributed by atoms with Gasteiger partial charge in [0, 0.05) is 22.6 Å². The summed E-state index contributed by atoms with van der Waals surface area (Å²) in [6.45, 7) is 1.02. The minimum absolute atomic E-state index is 0.268. The molecule has 1 N–H and O–H groups in total. The second kappa shape index (κ2) is 6.21. The third-order valence-corrected chi connectivity index (χ3v) is 5.60. The molecule has 1 unspecified atom stereocenters. The Balaban J connectivity index is 1.84. The van der Waals surface area contributed by atoms with Crippen LogP contribution >= 0.6 is 0 Å². The van der Waals surface area contributed by atoms with Gasteiger partial charge in [0.15, 0.2) is 23.0 Å². The van der Waals surface area contributed by atoms with E-state index in [4.69, 9.17) is 23.7 Å². The van der Waals surface area contributed by atoms with E-state index < -0.39 is 0 Å². The molecule has 1 atom stereocenters. The molecular weight excluding hydrogens is 358 g/mol. The van der Waals surface area contributed by atoms with E-state index in [0.29, 0.717) is 5.75 Å². The Morgan fingerprint density at radius 1 is 0.893 bits per heavy atom. The van der Waals surface area contributed by atoms with Gasteiger partial charge < -0.3 is 23.7 Å². The number of hydrogen-bond donors (Lipinski definition) is 1. The van der Waals surface area contributed by atoms with Crippen LogP contribution in [0, 0.1) is 0 Å². The number of quaternary nitrogens is 1. The van der Waals surface area contributed by atoms with E-state index in [-0.39, 0.29) is 6.79 Å². The number of methoxy groups -OCH3 is 3. The molecule has 0 amide bonds. The molecule has 6 nitrogen and oxygen atoms in total. The predicted octanol–water partition coefficient (Wildman–Crippen LogP) is 2.92. The van der Waals surface area contributed by atoms with Crippen molar-refractivity contribution in [3.05, 3.63) is 35.9 Å². The minimum atomic E-state index is 0.268. The number of ether oxygens (including phenoxy) is 5. The quantitative estimate of drug-likeness (QED) is 0.757. The second-order valence-electron chi connectivity index (χ2n) is 7.04. The molecule has 2 heterocycles. The van der Waals surface area contributed by atoms with Gasteiger partial charge in [0.05, 0.1) is 33.9 Å². The first-order chi connectivity index (χ1) is 13.7. The van der Waals surface area contributed by atoms with Crippen molar-refractivity contribution >= 4 is 16.5 Å². The Hall–Kier alpha value is -3.12. The summed E-state index contributed by atoms with van der Waals surface area (Å²) in [5, 5.41) is 2.28. The van der Waals surface area contributed by atoms with Crippen LogP contribution in [0.5, 0.6) is 28.7 Å². The Bertz CT molecular complexity index is 1110. The summed E-state index contributed by atoms with van der Waals surface area (Å²) in [6, 6.07) is 10.3. The van der Waals surface area contributed by atoms with Crippen LogP contribution in [-0.2, 0) is 6.54 Å². The van der Waals surface area contributed by atoms with Crippen LogP contribution < -0.4 is 28.6 Å². The van der Waals surface area contributed by atoms with Crippen LogP contribution in [0.4, 0.5) is 5.69 Å². The van der Waals surface area contributed by atoms with E-state index >= 15 is 0 Å². The number of fused-ring (bicyclic) bond motifs is 6. The fourth-order valence-electron chi connectivity index (χ4n) is 4.40. The van der Waals surface area contributed by atoms with E-state index in [1.165, 1.54) is 10.6 Å². The molecule has 0 radical (unpaired) electrons. The summed E-state index contributed by atoms with van der Waals surface area (Å²) >= 11 is 0. The standard InChI is InChI=1S/C22H21NO5/c1-23-10-15-20(18(24-2)9-19(25-3)22(15)26-4)13-6-5-12-7-16-17(28-11-27-16)8-14(12)21(13)23/h5-9H,10-11H2,1-4H3/p+1. The Labute approximate surface area is 163 Å². The zero-order valence-electron chi connectivity index (χ0n) is 16.3. The Morgan fingerprint density at radius 3 is 2.36 bits per heavy atom. The van der Waals surface area contributed by atoms with Gasteiger partial charge in [-0.1, -0.05) is 6.07 Å². The molecule has 3 aromatic carbocycles. The van der Waals surface area contributed by atoms with Gasteiger partial charge in [0.1, 0.15) is 18.0 Å². The van der Waals surface area contributed by atoms with E-state index in [1.54, 1.807) is 21.3 Å². The number of nitrogens with one attached hydrogen (secondary N) is 1. The molecule has 2 aliphatic heterocycles. The maximum Gasteiger partial charge on any atom is 0.231 e. The van der Waals surface area contributed by atoms with Gasteiger partial charge in [-0.05, 0) is 23.6 Å². The lowest BCUT2D eigenvalue weighted by molar-refractivity contribution is -0.824. The highest BCUT2D eigenvalue weighted by molar-refractivity contribution is 6.02. The molecule has 0 aliphatic carbocycles. The average Bonchev–Trinajstić information content (AvgIpc) is 3.17. The molecular formula is C22H22NO5+. The SMILES string of the molecule is COc1cc(OC)c2c(c1OC)C[NH+](C)c1c-2ccc2cc3c(cc12)OCO3. The lowest BCUT2D eigenvalue weighted by Gasteiger charge is -2.29. The van der Waals surface area contributed by atoms with E-state index in [1.807, 2.05) is 12.1 Å². The third kappa shape index (κ3) is 2.24. The molecule has 0 saturated heterocycles. The topological polar surface area (TPSA) is 50.6 Å². The molecule has 144 valence electrons. The van der Waals surface area contributed by atoms with Crippen LogP contribution in [0.3, 0.4) is 0 Å². The fourth-order valence-corrected chi connectivity index (χ4v) is 4.40. The molecule has 28 heavy (non-hydrogen) atoms. The van der Waals surface area contributed by atoms with Gasteiger partial charge in [-0.15, -0.1) is 0 Å². The summed E-state index contributed by atoms with van der Waals surface area (Å²) in [4.78, 5) is 1.26. The number of benzene rings is 3. The molecule has 3 aromatic rings. The van der Waals surface area contributed by atoms with Crippen molar-refractivity contribution in [2.24, 2.45) is 0 Å². The summed E-state index contributed by atoms with van der Waals surface area (Å²) in [5.41, 5.74) is 4.49. The molecule has 0 fully saturated rings. The average molecular weight is 380 g/mol. The number of hydrogen-bond acceptors (Lipinski definition) is 5. The van der Waals surface area contributed by atoms with Crippen molar-refractivity contribution in [3.63, 3.8) is 0 Å². The lowest BCUT2D eigenvalue weighted by Crippen LogP contribution is -3.03. The third-order valence-electron chi connectivity index (χ3n) is 5.60. The summed E-state index contributed by atoms with van der Waals surface area (Å²) in [7, 11) is 7.17. The molecule has 2 aliphatic rings. The summed E-state index contributed by atoms with van der Waals surface area (Å²) in [5.74, 6) is 3.80. The zero-order valence-corrected chi connectivity index (χ0v) is 16.3. The molecule has 5 rings (SSSR count). The molecule has 0 aromatic heterocycles. The second-order valence-corrected chi connectivity index (χ2v) is 7.04. The van der Waals surface area contributed by atoms with Crippen molar-refractivity contribution in [3.8, 4) is 39.9 Å². The van der Waals surface area contributed by atoms with Crippen LogP contribution in [-0.4, -0.2) is 35.2 Å². The minimum Gasteiger partial charge on any atom is -0.496 e. The van der Waals surface area contributed by atoms with Crippen molar-refractivity contribution in [1.29, 1.82) is 0 Å². The lowest BCUT2D eigenvalue weighted by atomic mass is 9.89. The first-order valence-corrected chi connectivity index (χ1v) is 9.17. The van der Waals surface area contributed by atoms with Gasteiger partial charge >= 0.3 is 0 Å². The molecule has 0 saturated carbocycles. The van der Waals surface area contributed by atoms with Crippen molar-refractivity contribution in [2.45, 2.75) is 6.54 Å². The first kappa shape index (κ1) is 17.0. The van der Waals surface area contributed by atoms with E-state index in [0.717, 1.165) is 57.0 Å². The fraction of sp³-hybridized carbons (Fsp3) is 0.273. The Morgan fingerprint density at radius 2 is 1.64 bits per heavy atom. The highest BCUT2D eigenvalue weighted by Gasteiger charge is 2.33. The Kier molecular flexibility index (Phi) is 3.77. The van der Waals surface area contributed by atoms with Crippen molar-refractivity contribution in [1.82, 2.24) is 0 Å². The van der Waals surface area contributed by atoms with E-state index in [9.17, 15) is 0 Å². The first-order valence-electron chi connectivity index (χ1n) is 9.17. The maximum atomic E-state index is 5.74. The van der Waals surface area contributed by atoms with E-state index in [2.05, 4.69) is 25.2 Å². The molecule has 0 bridgehead atoms. The largest absolute Gasteiger partial charge is 0.496 e. The van der Waals surface area contributed by atoms with Gasteiger partial charge in [-0.3, -0.25) is 4.90 Å². The van der Waals surface area contributed by atoms with Crippen LogP contribution in [0.25, 0.3) is 21.9 Å². The summed E-state index contributed by atoms with van der Waals surface area (Å²) < 4.78 is 28.2. The van der Waals surface area contributed by atoms with Crippen LogP contribution in [0.2, 0.25) is 0 Å². The highest BCUT2D eigenvalue weighted by atomic mass is 16.7. The predicted molar refractivity (Wildman–Crippen MR) is 105 cm³/mol. The normalized spacial score (nSPS) is 16.5. The summed E-state index contributed by atoms with van der Waals surface area (Å²) in [6.07, 6.45) is 0. The van der Waals surface area contributed by atoms with Crippen molar-refractivity contribution < 1.29 is 28.6 Å².